The largest absolute Gasteiger partial charge is 0.274 e. The fourth-order valence-electron chi connectivity index (χ4n) is 3.80. The highest BCUT2D eigenvalue weighted by molar-refractivity contribution is 7.28. The summed E-state index contributed by atoms with van der Waals surface area (Å²) in [5.41, 5.74) is 1.26. The molecule has 1 aliphatic carbocycles. The minimum atomic E-state index is -0.283. The molecule has 3 heterocycles. The van der Waals surface area contributed by atoms with Crippen LogP contribution < -0.4 is 0 Å². The van der Waals surface area contributed by atoms with Gasteiger partial charge in [-0.1, -0.05) is 19.3 Å². The molecule has 4 aromatic rings. The van der Waals surface area contributed by atoms with Gasteiger partial charge in [-0.2, -0.15) is 5.10 Å². The van der Waals surface area contributed by atoms with E-state index < -0.39 is 0 Å². The summed E-state index contributed by atoms with van der Waals surface area (Å²) in [6.45, 7) is 0. The lowest BCUT2D eigenvalue weighted by Crippen LogP contribution is -2.02. The number of halogens is 1. The van der Waals surface area contributed by atoms with E-state index in [-0.39, 0.29) is 5.82 Å². The monoisotopic (exact) mass is 371 g/mol. The average Bonchev–Trinajstić information content (AvgIpc) is 3.27. The maximum Gasteiger partial charge on any atom is 0.152 e. The van der Waals surface area contributed by atoms with Crippen molar-refractivity contribution in [2.24, 2.45) is 7.05 Å². The van der Waals surface area contributed by atoms with Crippen molar-refractivity contribution in [2.75, 3.05) is 0 Å². The minimum Gasteiger partial charge on any atom is -0.274 e. The van der Waals surface area contributed by atoms with Crippen molar-refractivity contribution in [1.29, 1.82) is 0 Å². The summed E-state index contributed by atoms with van der Waals surface area (Å²) in [6, 6.07) is 5.85. The summed E-state index contributed by atoms with van der Waals surface area (Å²) in [5, 5.41) is 5.88. The van der Waals surface area contributed by atoms with Crippen molar-refractivity contribution < 1.29 is 4.39 Å². The molecule has 0 bridgehead atoms. The molecule has 0 unspecified atom stereocenters. The minimum absolute atomic E-state index is 0.283. The van der Waals surface area contributed by atoms with Crippen LogP contribution in [-0.4, -0.2) is 14.8 Å². The predicted octanol–water partition coefficient (Wildman–Crippen LogP) is 6.10. The molecule has 25 heavy (non-hydrogen) atoms. The van der Waals surface area contributed by atoms with Crippen LogP contribution in [0.1, 0.15) is 42.9 Å². The quantitative estimate of drug-likeness (QED) is 0.426. The van der Waals surface area contributed by atoms with E-state index in [1.54, 1.807) is 22.1 Å². The van der Waals surface area contributed by atoms with Gasteiger partial charge in [0.15, 0.2) is 5.82 Å². The number of aryl methyl sites for hydroxylation is 1. The zero-order valence-corrected chi connectivity index (χ0v) is 15.6. The molecule has 6 heteroatoms. The van der Waals surface area contributed by atoms with Gasteiger partial charge in [0.25, 0.3) is 0 Å². The Balaban J connectivity index is 1.53. The third-order valence-electron chi connectivity index (χ3n) is 5.04. The normalized spacial score (nSPS) is 16.2. The Kier molecular flexibility index (Phi) is 3.64. The van der Waals surface area contributed by atoms with Crippen molar-refractivity contribution in [1.82, 2.24) is 14.8 Å². The van der Waals surface area contributed by atoms with E-state index in [0.717, 1.165) is 20.8 Å². The molecule has 5 rings (SSSR count). The Morgan fingerprint density at radius 3 is 2.76 bits per heavy atom. The Labute approximate surface area is 153 Å². The first kappa shape index (κ1) is 15.5. The van der Waals surface area contributed by atoms with Crippen LogP contribution in [0.5, 0.6) is 0 Å². The molecule has 1 aliphatic rings. The van der Waals surface area contributed by atoms with E-state index in [1.807, 2.05) is 30.6 Å². The first-order valence-corrected chi connectivity index (χ1v) is 10.3. The van der Waals surface area contributed by atoms with Crippen LogP contribution in [-0.2, 0) is 7.05 Å². The standard InChI is InChI=1S/C19H18FN3S2/c1-23-10-13-7-12(8-14(20)17(13)22-23)18-21-19-16(25-18)9-15(24-19)11-5-3-2-4-6-11/h7-11H,2-6H2,1H3. The summed E-state index contributed by atoms with van der Waals surface area (Å²) in [6.07, 6.45) is 8.53. The van der Waals surface area contributed by atoms with Gasteiger partial charge in [0.2, 0.25) is 0 Å². The highest BCUT2D eigenvalue weighted by Gasteiger charge is 2.20. The zero-order chi connectivity index (χ0) is 17.0. The first-order valence-electron chi connectivity index (χ1n) is 8.71. The Hall–Kier alpha value is -1.79. The maximum atomic E-state index is 14.3. The molecule has 3 aromatic heterocycles. The summed E-state index contributed by atoms with van der Waals surface area (Å²) in [7, 11) is 1.81. The number of fused-ring (bicyclic) bond motifs is 2. The molecule has 128 valence electrons. The molecular weight excluding hydrogens is 353 g/mol. The summed E-state index contributed by atoms with van der Waals surface area (Å²) in [4.78, 5) is 7.37. The van der Waals surface area contributed by atoms with Crippen LogP contribution in [0.2, 0.25) is 0 Å². The Morgan fingerprint density at radius 1 is 1.12 bits per heavy atom. The van der Waals surface area contributed by atoms with Gasteiger partial charge in [-0.25, -0.2) is 9.37 Å². The topological polar surface area (TPSA) is 30.7 Å². The van der Waals surface area contributed by atoms with E-state index >= 15 is 0 Å². The number of thiophene rings is 1. The van der Waals surface area contributed by atoms with Gasteiger partial charge in [0.1, 0.15) is 15.4 Å². The van der Waals surface area contributed by atoms with Crippen LogP contribution in [0.4, 0.5) is 4.39 Å². The summed E-state index contributed by atoms with van der Waals surface area (Å²) < 4.78 is 17.2. The molecule has 1 fully saturated rings. The molecular formula is C19H18FN3S2. The van der Waals surface area contributed by atoms with Crippen molar-refractivity contribution in [3.8, 4) is 10.6 Å². The van der Waals surface area contributed by atoms with E-state index in [1.165, 1.54) is 41.7 Å². The average molecular weight is 372 g/mol. The first-order chi connectivity index (χ1) is 12.2. The lowest BCUT2D eigenvalue weighted by atomic mass is 9.88. The molecule has 1 aromatic carbocycles. The number of nitrogens with zero attached hydrogens (tertiary/aromatic N) is 3. The van der Waals surface area contributed by atoms with Gasteiger partial charge in [-0.15, -0.1) is 22.7 Å². The van der Waals surface area contributed by atoms with E-state index in [2.05, 4.69) is 11.2 Å². The second-order valence-electron chi connectivity index (χ2n) is 6.87. The van der Waals surface area contributed by atoms with Crippen molar-refractivity contribution in [3.63, 3.8) is 0 Å². The molecule has 0 amide bonds. The van der Waals surface area contributed by atoms with E-state index in [0.29, 0.717) is 11.4 Å². The van der Waals surface area contributed by atoms with Crippen molar-refractivity contribution in [3.05, 3.63) is 35.1 Å². The smallest absolute Gasteiger partial charge is 0.152 e. The number of aromatic nitrogens is 3. The fraction of sp³-hybridized carbons (Fsp3) is 0.368. The highest BCUT2D eigenvalue weighted by atomic mass is 32.1. The molecule has 3 nitrogen and oxygen atoms in total. The number of hydrogen-bond acceptors (Lipinski definition) is 4. The molecule has 0 atom stereocenters. The maximum absolute atomic E-state index is 14.3. The van der Waals surface area contributed by atoms with Crippen LogP contribution in [0.15, 0.2) is 24.4 Å². The van der Waals surface area contributed by atoms with E-state index in [4.69, 9.17) is 4.98 Å². The third kappa shape index (κ3) is 2.68. The Bertz CT molecular complexity index is 1040. The van der Waals surface area contributed by atoms with Gasteiger partial charge in [0, 0.05) is 29.1 Å². The van der Waals surface area contributed by atoms with E-state index in [9.17, 15) is 4.39 Å². The van der Waals surface area contributed by atoms with Gasteiger partial charge >= 0.3 is 0 Å². The highest BCUT2D eigenvalue weighted by Crippen LogP contribution is 2.42. The number of benzene rings is 1. The van der Waals surface area contributed by atoms with Crippen molar-refractivity contribution >= 4 is 43.1 Å². The molecule has 1 saturated carbocycles. The number of thiazole rings is 1. The van der Waals surface area contributed by atoms with Crippen LogP contribution >= 0.6 is 22.7 Å². The molecule has 0 saturated heterocycles. The summed E-state index contributed by atoms with van der Waals surface area (Å²) in [5.74, 6) is 0.433. The number of hydrogen-bond donors (Lipinski definition) is 0. The Morgan fingerprint density at radius 2 is 1.96 bits per heavy atom. The van der Waals surface area contributed by atoms with Gasteiger partial charge < -0.3 is 0 Å². The zero-order valence-electron chi connectivity index (χ0n) is 14.0. The van der Waals surface area contributed by atoms with Crippen molar-refractivity contribution in [2.45, 2.75) is 38.0 Å². The molecule has 0 spiro atoms. The second kappa shape index (κ2) is 5.88. The lowest BCUT2D eigenvalue weighted by Gasteiger charge is -2.19. The van der Waals surface area contributed by atoms with Gasteiger partial charge in [-0.05, 0) is 37.0 Å². The predicted molar refractivity (Wildman–Crippen MR) is 103 cm³/mol. The third-order valence-corrected chi connectivity index (χ3v) is 7.41. The fourth-order valence-corrected chi connectivity index (χ4v) is 6.18. The molecule has 0 N–H and O–H groups in total. The van der Waals surface area contributed by atoms with Gasteiger partial charge in [0.05, 0.1) is 4.70 Å². The van der Waals surface area contributed by atoms with Crippen LogP contribution in [0.3, 0.4) is 0 Å². The molecule has 0 radical (unpaired) electrons. The SMILES string of the molecule is Cn1cc2cc(-c3nc4sc(C5CCCCC5)cc4s3)cc(F)c2n1. The summed E-state index contributed by atoms with van der Waals surface area (Å²) >= 11 is 3.49. The number of rotatable bonds is 2. The lowest BCUT2D eigenvalue weighted by molar-refractivity contribution is 0.448. The van der Waals surface area contributed by atoms with Crippen LogP contribution in [0, 0.1) is 5.82 Å². The molecule has 0 aliphatic heterocycles. The van der Waals surface area contributed by atoms with Crippen LogP contribution in [0.25, 0.3) is 31.0 Å². The second-order valence-corrected chi connectivity index (χ2v) is 8.96. The van der Waals surface area contributed by atoms with Gasteiger partial charge in [-0.3, -0.25) is 4.68 Å².